The number of nitrogens with one attached hydrogen (secondary N) is 1. The highest BCUT2D eigenvalue weighted by Crippen LogP contribution is 2.37. The molecule has 0 aliphatic carbocycles. The van der Waals surface area contributed by atoms with Crippen LogP contribution in [0.2, 0.25) is 0 Å². The monoisotopic (exact) mass is 409 g/mol. The third-order valence-corrected chi connectivity index (χ3v) is 5.12. The molecule has 1 N–H and O–H groups in total. The molecular formula is C16H20F5N5O2. The molecule has 7 nitrogen and oxygen atoms in total. The van der Waals surface area contributed by atoms with Gasteiger partial charge in [-0.05, 0) is 20.8 Å². The van der Waals surface area contributed by atoms with Crippen molar-refractivity contribution in [3.8, 4) is 0 Å². The molecule has 0 bridgehead atoms. The maximum absolute atomic E-state index is 13.4. The number of rotatable bonds is 5. The van der Waals surface area contributed by atoms with Crippen molar-refractivity contribution in [2.45, 2.75) is 57.3 Å². The fraction of sp³-hybridized carbons (Fsp3) is 0.688. The Balaban J connectivity index is 1.57. The van der Waals surface area contributed by atoms with E-state index in [1.807, 2.05) is 0 Å². The molecule has 1 amide bonds. The Hall–Kier alpha value is -2.24. The largest absolute Gasteiger partial charge is 0.522 e. The van der Waals surface area contributed by atoms with Crippen molar-refractivity contribution >= 4 is 17.5 Å². The first kappa shape index (κ1) is 20.5. The highest BCUT2D eigenvalue weighted by atomic mass is 19.4. The number of hydrogen-bond acceptors (Lipinski definition) is 6. The molecule has 28 heavy (non-hydrogen) atoms. The quantitative estimate of drug-likeness (QED) is 0.753. The number of alkyl halides is 5. The van der Waals surface area contributed by atoms with Crippen LogP contribution >= 0.6 is 0 Å². The van der Waals surface area contributed by atoms with Crippen molar-refractivity contribution < 1.29 is 31.5 Å². The van der Waals surface area contributed by atoms with E-state index in [1.165, 1.54) is 43.0 Å². The first-order valence-corrected chi connectivity index (χ1v) is 8.67. The minimum absolute atomic E-state index is 0.166. The Labute approximate surface area is 157 Å². The summed E-state index contributed by atoms with van der Waals surface area (Å²) in [6, 6.07) is -1.05. The third kappa shape index (κ3) is 3.96. The lowest BCUT2D eigenvalue weighted by molar-refractivity contribution is -0.359. The number of hydrogen-bond donors (Lipinski definition) is 1. The number of aromatic nitrogens is 2. The SMILES string of the molecule is C[C@@H]1N(c2cc(N[C@H](C)C(=O)N3C[C@H](OC(F)(F)F)[C@@H]3C)ncn2)CC1(F)F. The van der Waals surface area contributed by atoms with Gasteiger partial charge in [-0.15, -0.1) is 13.2 Å². The molecule has 2 aliphatic rings. The molecule has 3 heterocycles. The van der Waals surface area contributed by atoms with Crippen LogP contribution in [0.25, 0.3) is 0 Å². The predicted molar refractivity (Wildman–Crippen MR) is 89.0 cm³/mol. The standard InChI is InChI=1S/C16H20F5N5O2/c1-8(14(27)25-5-11(9(25)2)28-16(19,20)21)24-12-4-13(23-7-22-12)26-6-15(17,18)10(26)3/h4,7-11H,5-6H2,1-3H3,(H,22,23,24)/t8-,9+,10+,11+/m1/s1. The lowest BCUT2D eigenvalue weighted by Crippen LogP contribution is -2.65. The van der Waals surface area contributed by atoms with Gasteiger partial charge < -0.3 is 15.1 Å². The van der Waals surface area contributed by atoms with E-state index in [9.17, 15) is 26.7 Å². The van der Waals surface area contributed by atoms with Gasteiger partial charge in [0.1, 0.15) is 30.1 Å². The first-order valence-electron chi connectivity index (χ1n) is 8.67. The summed E-state index contributed by atoms with van der Waals surface area (Å²) in [6.45, 7) is 3.77. The molecule has 2 aliphatic heterocycles. The van der Waals surface area contributed by atoms with Crippen molar-refractivity contribution in [2.75, 3.05) is 23.3 Å². The molecule has 0 aromatic carbocycles. The molecule has 0 spiro atoms. The molecule has 12 heteroatoms. The molecule has 2 saturated heterocycles. The normalized spacial score (nSPS) is 27.6. The van der Waals surface area contributed by atoms with Gasteiger partial charge in [-0.3, -0.25) is 9.53 Å². The van der Waals surface area contributed by atoms with Gasteiger partial charge in [0, 0.05) is 12.6 Å². The number of nitrogens with zero attached hydrogens (tertiary/aromatic N) is 4. The topological polar surface area (TPSA) is 70.6 Å². The summed E-state index contributed by atoms with van der Waals surface area (Å²) < 4.78 is 67.5. The Morgan fingerprint density at radius 3 is 2.57 bits per heavy atom. The van der Waals surface area contributed by atoms with Crippen molar-refractivity contribution in [1.29, 1.82) is 0 Å². The van der Waals surface area contributed by atoms with Gasteiger partial charge in [0.2, 0.25) is 5.91 Å². The molecule has 1 aromatic rings. The van der Waals surface area contributed by atoms with E-state index in [-0.39, 0.29) is 12.4 Å². The van der Waals surface area contributed by atoms with Crippen LogP contribution in [-0.4, -0.2) is 70.4 Å². The maximum Gasteiger partial charge on any atom is 0.522 e. The highest BCUT2D eigenvalue weighted by molar-refractivity contribution is 5.85. The van der Waals surface area contributed by atoms with Crippen LogP contribution in [0.1, 0.15) is 20.8 Å². The van der Waals surface area contributed by atoms with Crippen LogP contribution in [-0.2, 0) is 9.53 Å². The fourth-order valence-electron chi connectivity index (χ4n) is 3.18. The van der Waals surface area contributed by atoms with Crippen molar-refractivity contribution in [3.05, 3.63) is 12.4 Å². The number of carbonyl (C=O) groups is 1. The second-order valence-electron chi connectivity index (χ2n) is 7.03. The van der Waals surface area contributed by atoms with E-state index in [0.717, 1.165) is 0 Å². The second kappa shape index (κ2) is 6.98. The van der Waals surface area contributed by atoms with Crippen LogP contribution in [0, 0.1) is 0 Å². The van der Waals surface area contributed by atoms with Gasteiger partial charge in [-0.2, -0.15) is 0 Å². The molecule has 2 fully saturated rings. The summed E-state index contributed by atoms with van der Waals surface area (Å²) in [5.41, 5.74) is 0. The van der Waals surface area contributed by atoms with Crippen molar-refractivity contribution in [2.24, 2.45) is 0 Å². The molecule has 156 valence electrons. The molecule has 4 atom stereocenters. The van der Waals surface area contributed by atoms with E-state index in [2.05, 4.69) is 20.0 Å². The summed E-state index contributed by atoms with van der Waals surface area (Å²) in [5.74, 6) is -2.65. The van der Waals surface area contributed by atoms with E-state index in [1.54, 1.807) is 0 Å². The van der Waals surface area contributed by atoms with E-state index in [4.69, 9.17) is 0 Å². The number of ether oxygens (including phenoxy) is 1. The minimum atomic E-state index is -4.75. The average Bonchev–Trinajstić information content (AvgIpc) is 2.61. The third-order valence-electron chi connectivity index (χ3n) is 5.12. The summed E-state index contributed by atoms with van der Waals surface area (Å²) in [6.07, 6.45) is -4.66. The zero-order chi connectivity index (χ0) is 20.9. The number of likely N-dealkylation sites (tertiary alicyclic amines) is 1. The van der Waals surface area contributed by atoms with Crippen LogP contribution in [0.4, 0.5) is 33.6 Å². The zero-order valence-electron chi connectivity index (χ0n) is 15.4. The van der Waals surface area contributed by atoms with E-state index in [0.29, 0.717) is 5.82 Å². The second-order valence-corrected chi connectivity index (χ2v) is 7.03. The summed E-state index contributed by atoms with van der Waals surface area (Å²) in [4.78, 5) is 23.1. The van der Waals surface area contributed by atoms with Gasteiger partial charge in [0.05, 0.1) is 18.6 Å². The van der Waals surface area contributed by atoms with Crippen LogP contribution in [0.15, 0.2) is 12.4 Å². The Morgan fingerprint density at radius 2 is 2.04 bits per heavy atom. The van der Waals surface area contributed by atoms with E-state index < -0.39 is 49.0 Å². The Bertz CT molecular complexity index is 746. The van der Waals surface area contributed by atoms with Crippen molar-refractivity contribution in [1.82, 2.24) is 14.9 Å². The Morgan fingerprint density at radius 1 is 1.36 bits per heavy atom. The van der Waals surface area contributed by atoms with Gasteiger partial charge >= 0.3 is 6.36 Å². The van der Waals surface area contributed by atoms with Crippen LogP contribution in [0.3, 0.4) is 0 Å². The lowest BCUT2D eigenvalue weighted by Gasteiger charge is -2.47. The fourth-order valence-corrected chi connectivity index (χ4v) is 3.18. The number of carbonyl (C=O) groups excluding carboxylic acids is 1. The smallest absolute Gasteiger partial charge is 0.358 e. The molecule has 0 radical (unpaired) electrons. The van der Waals surface area contributed by atoms with Crippen molar-refractivity contribution in [3.63, 3.8) is 0 Å². The van der Waals surface area contributed by atoms with Crippen LogP contribution in [0.5, 0.6) is 0 Å². The molecule has 0 saturated carbocycles. The summed E-state index contributed by atoms with van der Waals surface area (Å²) in [7, 11) is 0. The number of amides is 1. The predicted octanol–water partition coefficient (Wildman–Crippen LogP) is 2.26. The van der Waals surface area contributed by atoms with Gasteiger partial charge in [0.25, 0.3) is 5.92 Å². The van der Waals surface area contributed by atoms with E-state index >= 15 is 0 Å². The maximum atomic E-state index is 13.4. The summed E-state index contributed by atoms with van der Waals surface area (Å²) >= 11 is 0. The van der Waals surface area contributed by atoms with Gasteiger partial charge in [-0.25, -0.2) is 18.7 Å². The Kier molecular flexibility index (Phi) is 5.11. The zero-order valence-corrected chi connectivity index (χ0v) is 15.4. The molecule has 3 rings (SSSR count). The molecular weight excluding hydrogens is 389 g/mol. The van der Waals surface area contributed by atoms with Crippen LogP contribution < -0.4 is 10.2 Å². The lowest BCUT2D eigenvalue weighted by atomic mass is 9.99. The number of anilines is 2. The van der Waals surface area contributed by atoms with Gasteiger partial charge in [0.15, 0.2) is 0 Å². The first-order chi connectivity index (χ1) is 12.9. The minimum Gasteiger partial charge on any atom is -0.358 e. The summed E-state index contributed by atoms with van der Waals surface area (Å²) in [5, 5.41) is 2.83. The molecule has 0 unspecified atom stereocenters. The van der Waals surface area contributed by atoms with Gasteiger partial charge in [-0.1, -0.05) is 0 Å². The highest BCUT2D eigenvalue weighted by Gasteiger charge is 2.52. The average molecular weight is 409 g/mol. The number of halogens is 5. The molecule has 1 aromatic heterocycles.